The predicted molar refractivity (Wildman–Crippen MR) is 71.2 cm³/mol. The number of carboxylic acids is 1. The van der Waals surface area contributed by atoms with Crippen molar-refractivity contribution in [3.05, 3.63) is 35.0 Å². The fraction of sp³-hybridized carbons (Fsp3) is 0.400. The summed E-state index contributed by atoms with van der Waals surface area (Å²) in [6.07, 6.45) is 4.59. The molecule has 0 unspecified atom stereocenters. The molecule has 1 aromatic carbocycles. The minimum Gasteiger partial charge on any atom is -0.478 e. The van der Waals surface area contributed by atoms with Crippen LogP contribution in [-0.4, -0.2) is 15.6 Å². The molecular weight excluding hydrogens is 226 g/mol. The van der Waals surface area contributed by atoms with Crippen molar-refractivity contribution >= 4 is 16.9 Å². The average molecular weight is 243 g/mol. The Morgan fingerprint density at radius 1 is 1.33 bits per heavy atom. The van der Waals surface area contributed by atoms with Crippen LogP contribution in [0, 0.1) is 0 Å². The molecule has 3 rings (SSSR count). The smallest absolute Gasteiger partial charge is 0.337 e. The third-order valence-corrected chi connectivity index (χ3v) is 3.94. The van der Waals surface area contributed by atoms with Crippen LogP contribution in [0.3, 0.4) is 0 Å². The summed E-state index contributed by atoms with van der Waals surface area (Å²) in [6, 6.07) is 5.64. The summed E-state index contributed by atoms with van der Waals surface area (Å²) < 4.78 is 2.20. The standard InChI is InChI=1S/C15H17NO2/c1-2-16-13-9-4-3-6-10(13)11-7-5-8-12(14(11)16)15(17)18/h5,7-8H,2-4,6,9H2,1H3,(H,17,18). The maximum atomic E-state index is 11.4. The normalized spacial score (nSPS) is 14.7. The van der Waals surface area contributed by atoms with Gasteiger partial charge in [-0.2, -0.15) is 0 Å². The van der Waals surface area contributed by atoms with Gasteiger partial charge in [-0.05, 0) is 44.2 Å². The van der Waals surface area contributed by atoms with E-state index in [0.717, 1.165) is 30.3 Å². The number of aryl methyl sites for hydroxylation is 2. The minimum absolute atomic E-state index is 0.434. The molecule has 1 aromatic heterocycles. The third kappa shape index (κ3) is 1.47. The van der Waals surface area contributed by atoms with Crippen molar-refractivity contribution < 1.29 is 9.90 Å². The van der Waals surface area contributed by atoms with Gasteiger partial charge in [-0.15, -0.1) is 0 Å². The van der Waals surface area contributed by atoms with E-state index in [1.807, 2.05) is 6.07 Å². The second kappa shape index (κ2) is 4.16. The summed E-state index contributed by atoms with van der Waals surface area (Å²) in [4.78, 5) is 11.4. The average Bonchev–Trinajstić information content (AvgIpc) is 2.72. The molecule has 18 heavy (non-hydrogen) atoms. The molecule has 3 nitrogen and oxygen atoms in total. The minimum atomic E-state index is -0.829. The highest BCUT2D eigenvalue weighted by Gasteiger charge is 2.22. The van der Waals surface area contributed by atoms with Crippen molar-refractivity contribution in [1.82, 2.24) is 4.57 Å². The van der Waals surface area contributed by atoms with E-state index in [2.05, 4.69) is 17.6 Å². The van der Waals surface area contributed by atoms with Crippen LogP contribution in [0.2, 0.25) is 0 Å². The lowest BCUT2D eigenvalue weighted by Gasteiger charge is -2.14. The largest absolute Gasteiger partial charge is 0.478 e. The van der Waals surface area contributed by atoms with E-state index in [1.54, 1.807) is 6.07 Å². The molecule has 1 aliphatic rings. The van der Waals surface area contributed by atoms with Gasteiger partial charge < -0.3 is 9.67 Å². The van der Waals surface area contributed by atoms with Crippen molar-refractivity contribution in [3.8, 4) is 0 Å². The van der Waals surface area contributed by atoms with Crippen LogP contribution >= 0.6 is 0 Å². The highest BCUT2D eigenvalue weighted by Crippen LogP contribution is 2.33. The molecule has 0 radical (unpaired) electrons. The highest BCUT2D eigenvalue weighted by atomic mass is 16.4. The monoisotopic (exact) mass is 243 g/mol. The van der Waals surface area contributed by atoms with Crippen LogP contribution in [0.4, 0.5) is 0 Å². The van der Waals surface area contributed by atoms with Crippen molar-refractivity contribution in [2.45, 2.75) is 39.2 Å². The molecule has 0 atom stereocenters. The Bertz CT molecular complexity index is 625. The molecule has 1 aliphatic carbocycles. The van der Waals surface area contributed by atoms with Gasteiger partial charge in [0, 0.05) is 17.6 Å². The van der Waals surface area contributed by atoms with Crippen LogP contribution in [0.25, 0.3) is 10.9 Å². The Morgan fingerprint density at radius 2 is 2.11 bits per heavy atom. The molecular formula is C15H17NO2. The number of carboxylic acid groups (broad SMARTS) is 1. The lowest BCUT2D eigenvalue weighted by atomic mass is 9.95. The Hall–Kier alpha value is -1.77. The zero-order valence-corrected chi connectivity index (χ0v) is 10.6. The molecule has 2 aromatic rings. The van der Waals surface area contributed by atoms with Gasteiger partial charge in [-0.1, -0.05) is 12.1 Å². The Morgan fingerprint density at radius 3 is 2.83 bits per heavy atom. The van der Waals surface area contributed by atoms with Gasteiger partial charge in [0.2, 0.25) is 0 Å². The lowest BCUT2D eigenvalue weighted by molar-refractivity contribution is 0.0698. The summed E-state index contributed by atoms with van der Waals surface area (Å²) in [7, 11) is 0. The number of benzene rings is 1. The Kier molecular flexibility index (Phi) is 2.62. The van der Waals surface area contributed by atoms with E-state index in [-0.39, 0.29) is 0 Å². The summed E-state index contributed by atoms with van der Waals surface area (Å²) in [5.74, 6) is -0.829. The number of carbonyl (C=O) groups is 1. The first kappa shape index (κ1) is 11.3. The van der Waals surface area contributed by atoms with Crippen LogP contribution < -0.4 is 0 Å². The number of aromatic carboxylic acids is 1. The second-order valence-corrected chi connectivity index (χ2v) is 4.88. The van der Waals surface area contributed by atoms with E-state index in [9.17, 15) is 9.90 Å². The van der Waals surface area contributed by atoms with E-state index in [0.29, 0.717) is 5.56 Å². The van der Waals surface area contributed by atoms with Crippen LogP contribution in [0.5, 0.6) is 0 Å². The molecule has 94 valence electrons. The van der Waals surface area contributed by atoms with Crippen molar-refractivity contribution in [3.63, 3.8) is 0 Å². The van der Waals surface area contributed by atoms with Crippen molar-refractivity contribution in [2.75, 3.05) is 0 Å². The van der Waals surface area contributed by atoms with Crippen LogP contribution in [0.1, 0.15) is 41.4 Å². The SMILES string of the molecule is CCn1c2c(c3cccc(C(=O)O)c31)CCCC2. The first-order valence-corrected chi connectivity index (χ1v) is 6.60. The topological polar surface area (TPSA) is 42.2 Å². The van der Waals surface area contributed by atoms with E-state index >= 15 is 0 Å². The van der Waals surface area contributed by atoms with Gasteiger partial charge in [0.25, 0.3) is 0 Å². The van der Waals surface area contributed by atoms with Crippen molar-refractivity contribution in [2.24, 2.45) is 0 Å². The third-order valence-electron chi connectivity index (χ3n) is 3.94. The van der Waals surface area contributed by atoms with Gasteiger partial charge in [0.1, 0.15) is 0 Å². The zero-order valence-electron chi connectivity index (χ0n) is 10.6. The molecule has 0 spiro atoms. The molecule has 0 saturated carbocycles. The fourth-order valence-electron chi connectivity index (χ4n) is 3.21. The number of para-hydroxylation sites is 1. The number of hydrogen-bond donors (Lipinski definition) is 1. The van der Waals surface area contributed by atoms with E-state index in [4.69, 9.17) is 0 Å². The lowest BCUT2D eigenvalue weighted by Crippen LogP contribution is -2.08. The van der Waals surface area contributed by atoms with Gasteiger partial charge in [-0.3, -0.25) is 0 Å². The zero-order chi connectivity index (χ0) is 12.7. The number of aromatic nitrogens is 1. The first-order chi connectivity index (χ1) is 8.74. The molecule has 0 amide bonds. The summed E-state index contributed by atoms with van der Waals surface area (Å²) in [5, 5.41) is 10.5. The highest BCUT2D eigenvalue weighted by molar-refractivity contribution is 6.04. The van der Waals surface area contributed by atoms with Gasteiger partial charge in [-0.25, -0.2) is 4.79 Å². The maximum Gasteiger partial charge on any atom is 0.337 e. The molecule has 3 heteroatoms. The molecule has 1 heterocycles. The summed E-state index contributed by atoms with van der Waals surface area (Å²) in [5.41, 5.74) is 4.08. The van der Waals surface area contributed by atoms with E-state index < -0.39 is 5.97 Å². The quantitative estimate of drug-likeness (QED) is 0.879. The number of rotatable bonds is 2. The second-order valence-electron chi connectivity index (χ2n) is 4.88. The summed E-state index contributed by atoms with van der Waals surface area (Å²) >= 11 is 0. The van der Waals surface area contributed by atoms with Gasteiger partial charge >= 0.3 is 5.97 Å². The van der Waals surface area contributed by atoms with E-state index in [1.165, 1.54) is 24.1 Å². The van der Waals surface area contributed by atoms with Gasteiger partial charge in [0.15, 0.2) is 0 Å². The number of fused-ring (bicyclic) bond motifs is 3. The number of nitrogens with zero attached hydrogens (tertiary/aromatic N) is 1. The Balaban J connectivity index is 2.42. The molecule has 1 N–H and O–H groups in total. The fourth-order valence-corrected chi connectivity index (χ4v) is 3.21. The molecule has 0 fully saturated rings. The molecule has 0 saturated heterocycles. The molecule has 0 bridgehead atoms. The number of hydrogen-bond acceptors (Lipinski definition) is 1. The Labute approximate surface area is 106 Å². The predicted octanol–water partition coefficient (Wildman–Crippen LogP) is 3.24. The first-order valence-electron chi connectivity index (χ1n) is 6.60. The summed E-state index contributed by atoms with van der Waals surface area (Å²) in [6.45, 7) is 2.93. The van der Waals surface area contributed by atoms with Crippen molar-refractivity contribution in [1.29, 1.82) is 0 Å². The molecule has 0 aliphatic heterocycles. The van der Waals surface area contributed by atoms with Crippen LogP contribution in [0.15, 0.2) is 18.2 Å². The van der Waals surface area contributed by atoms with Crippen LogP contribution in [-0.2, 0) is 19.4 Å². The van der Waals surface area contributed by atoms with Gasteiger partial charge in [0.05, 0.1) is 11.1 Å². The maximum absolute atomic E-state index is 11.4.